The number of aliphatic hydroxyl groups excluding tert-OH is 1. The van der Waals surface area contributed by atoms with Gasteiger partial charge in [-0.1, -0.05) is 44.2 Å². The Balaban J connectivity index is 1.58. The van der Waals surface area contributed by atoms with Crippen molar-refractivity contribution in [3.63, 3.8) is 0 Å². The summed E-state index contributed by atoms with van der Waals surface area (Å²) in [6.45, 7) is 7.31. The van der Waals surface area contributed by atoms with Gasteiger partial charge >= 0.3 is 0 Å². The zero-order chi connectivity index (χ0) is 20.2. The quantitative estimate of drug-likeness (QED) is 0.493. The minimum Gasteiger partial charge on any atom is -0.391 e. The number of nitrogens with one attached hydrogen (secondary N) is 3. The van der Waals surface area contributed by atoms with Gasteiger partial charge in [0.05, 0.1) is 23.7 Å². The van der Waals surface area contributed by atoms with Crippen molar-refractivity contribution in [3.8, 4) is 0 Å². The molecule has 0 unspecified atom stereocenters. The van der Waals surface area contributed by atoms with Gasteiger partial charge in [0.2, 0.25) is 0 Å². The highest BCUT2D eigenvalue weighted by molar-refractivity contribution is 5.71. The average Bonchev–Trinajstić information content (AvgIpc) is 3.16. The lowest BCUT2D eigenvalue weighted by Gasteiger charge is -2.28. The predicted octanol–water partition coefficient (Wildman–Crippen LogP) is 2.85. The number of benzene rings is 1. The Labute approximate surface area is 171 Å². The van der Waals surface area contributed by atoms with Crippen LogP contribution in [0.4, 0.5) is 11.5 Å². The summed E-state index contributed by atoms with van der Waals surface area (Å²) in [6.07, 6.45) is 2.54. The summed E-state index contributed by atoms with van der Waals surface area (Å²) in [5, 5.41) is 25.2. The number of hydrogen-bond acceptors (Lipinski definition) is 6. The van der Waals surface area contributed by atoms with Crippen LogP contribution >= 0.6 is 0 Å². The van der Waals surface area contributed by atoms with Crippen LogP contribution in [0.15, 0.2) is 42.6 Å². The van der Waals surface area contributed by atoms with Gasteiger partial charge in [0.25, 0.3) is 0 Å². The van der Waals surface area contributed by atoms with Gasteiger partial charge in [-0.2, -0.15) is 0 Å². The molecule has 1 aliphatic rings. The second kappa shape index (κ2) is 8.80. The second-order valence-electron chi connectivity index (χ2n) is 8.06. The van der Waals surface area contributed by atoms with Crippen LogP contribution in [-0.2, 0) is 6.54 Å². The molecule has 7 heteroatoms. The van der Waals surface area contributed by atoms with E-state index in [2.05, 4.69) is 46.9 Å². The molecule has 7 nitrogen and oxygen atoms in total. The molecule has 3 aromatic rings. The highest BCUT2D eigenvalue weighted by Gasteiger charge is 2.23. The summed E-state index contributed by atoms with van der Waals surface area (Å²) in [5.41, 5.74) is 4.07. The van der Waals surface area contributed by atoms with Crippen molar-refractivity contribution in [2.45, 2.75) is 38.8 Å². The zero-order valence-electron chi connectivity index (χ0n) is 17.1. The van der Waals surface area contributed by atoms with Crippen LogP contribution < -0.4 is 16.0 Å². The SMILES string of the molecule is CC(C)c1cnc2c(NCc3ccccc3)cc(NC[C@H]3CCNC[C@@H]3O)nn12. The summed E-state index contributed by atoms with van der Waals surface area (Å²) in [5.74, 6) is 1.33. The number of aliphatic hydroxyl groups is 1. The fraction of sp³-hybridized carbons (Fsp3) is 0.455. The molecule has 0 bridgehead atoms. The number of nitrogens with zero attached hydrogens (tertiary/aromatic N) is 3. The van der Waals surface area contributed by atoms with Crippen LogP contribution in [0.2, 0.25) is 0 Å². The molecular formula is C22H30N6O. The molecule has 4 N–H and O–H groups in total. The van der Waals surface area contributed by atoms with Crippen molar-refractivity contribution >= 4 is 17.2 Å². The molecule has 0 spiro atoms. The van der Waals surface area contributed by atoms with E-state index in [4.69, 9.17) is 5.10 Å². The maximum Gasteiger partial charge on any atom is 0.177 e. The lowest BCUT2D eigenvalue weighted by Crippen LogP contribution is -2.43. The van der Waals surface area contributed by atoms with Gasteiger partial charge < -0.3 is 21.1 Å². The number of fused-ring (bicyclic) bond motifs is 1. The van der Waals surface area contributed by atoms with Gasteiger partial charge in [-0.15, -0.1) is 5.10 Å². The largest absolute Gasteiger partial charge is 0.391 e. The van der Waals surface area contributed by atoms with Crippen LogP contribution in [0.3, 0.4) is 0 Å². The standard InChI is InChI=1S/C22H30N6O/c1-15(2)19-13-26-22-18(24-11-16-6-4-3-5-7-16)10-21(27-28(19)22)25-12-17-8-9-23-14-20(17)29/h3-7,10,13,15,17,20,23-24,29H,8-9,11-12,14H2,1-2H3,(H,25,27)/t17-,20+/m1/s1. The zero-order valence-corrected chi connectivity index (χ0v) is 17.1. The molecule has 2 atom stereocenters. The molecule has 1 saturated heterocycles. The molecule has 4 rings (SSSR count). The van der Waals surface area contributed by atoms with Crippen LogP contribution in [0.25, 0.3) is 5.65 Å². The monoisotopic (exact) mass is 394 g/mol. The van der Waals surface area contributed by atoms with E-state index in [1.807, 2.05) is 35.0 Å². The highest BCUT2D eigenvalue weighted by Crippen LogP contribution is 2.25. The smallest absolute Gasteiger partial charge is 0.177 e. The lowest BCUT2D eigenvalue weighted by atomic mass is 9.95. The van der Waals surface area contributed by atoms with Crippen LogP contribution in [-0.4, -0.2) is 45.4 Å². The van der Waals surface area contributed by atoms with E-state index in [0.717, 1.165) is 42.4 Å². The van der Waals surface area contributed by atoms with Crippen molar-refractivity contribution < 1.29 is 5.11 Å². The number of rotatable bonds is 7. The first-order chi connectivity index (χ1) is 14.1. The predicted molar refractivity (Wildman–Crippen MR) is 116 cm³/mol. The molecule has 154 valence electrons. The van der Waals surface area contributed by atoms with Crippen LogP contribution in [0, 0.1) is 5.92 Å². The second-order valence-corrected chi connectivity index (χ2v) is 8.06. The van der Waals surface area contributed by atoms with E-state index in [1.165, 1.54) is 5.56 Å². The number of aromatic nitrogens is 3. The molecule has 0 aliphatic carbocycles. The van der Waals surface area contributed by atoms with Gasteiger partial charge in [0, 0.05) is 31.6 Å². The molecule has 0 saturated carbocycles. The van der Waals surface area contributed by atoms with Crippen molar-refractivity contribution in [3.05, 3.63) is 53.9 Å². The molecule has 1 fully saturated rings. The summed E-state index contributed by atoms with van der Waals surface area (Å²) in [7, 11) is 0. The van der Waals surface area contributed by atoms with Gasteiger partial charge in [-0.25, -0.2) is 9.50 Å². The Bertz CT molecular complexity index is 939. The molecule has 3 heterocycles. The summed E-state index contributed by atoms with van der Waals surface area (Å²) < 4.78 is 1.93. The average molecular weight is 395 g/mol. The summed E-state index contributed by atoms with van der Waals surface area (Å²) in [4.78, 5) is 4.62. The van der Waals surface area contributed by atoms with E-state index in [9.17, 15) is 5.11 Å². The molecule has 29 heavy (non-hydrogen) atoms. The summed E-state index contributed by atoms with van der Waals surface area (Å²) >= 11 is 0. The molecule has 1 aliphatic heterocycles. The minimum absolute atomic E-state index is 0.224. The van der Waals surface area contributed by atoms with Crippen molar-refractivity contribution in [1.82, 2.24) is 19.9 Å². The first-order valence-electron chi connectivity index (χ1n) is 10.4. The fourth-order valence-corrected chi connectivity index (χ4v) is 3.76. The molecule has 2 aromatic heterocycles. The van der Waals surface area contributed by atoms with Gasteiger partial charge in [0.15, 0.2) is 5.65 Å². The number of piperidine rings is 1. The van der Waals surface area contributed by atoms with E-state index in [1.54, 1.807) is 0 Å². The Morgan fingerprint density at radius 2 is 2.07 bits per heavy atom. The molecular weight excluding hydrogens is 364 g/mol. The van der Waals surface area contributed by atoms with Gasteiger partial charge in [-0.05, 0) is 24.4 Å². The molecule has 1 aromatic carbocycles. The third kappa shape index (κ3) is 4.52. The molecule has 0 radical (unpaired) electrons. The van der Waals surface area contributed by atoms with Crippen molar-refractivity contribution in [1.29, 1.82) is 0 Å². The number of imidazole rings is 1. The summed E-state index contributed by atoms with van der Waals surface area (Å²) in [6, 6.07) is 12.3. The van der Waals surface area contributed by atoms with Crippen molar-refractivity contribution in [2.75, 3.05) is 30.3 Å². The van der Waals surface area contributed by atoms with E-state index in [-0.39, 0.29) is 12.0 Å². The van der Waals surface area contributed by atoms with Crippen LogP contribution in [0.1, 0.15) is 37.4 Å². The third-order valence-electron chi connectivity index (χ3n) is 5.55. The van der Waals surface area contributed by atoms with Gasteiger partial charge in [0.1, 0.15) is 5.82 Å². The maximum absolute atomic E-state index is 10.2. The Hall–Kier alpha value is -2.64. The van der Waals surface area contributed by atoms with E-state index >= 15 is 0 Å². The third-order valence-corrected chi connectivity index (χ3v) is 5.55. The molecule has 0 amide bonds. The first kappa shape index (κ1) is 19.7. The maximum atomic E-state index is 10.2. The van der Waals surface area contributed by atoms with E-state index < -0.39 is 0 Å². The minimum atomic E-state index is -0.324. The number of β-amino-alcohol motifs (C(OH)–C–C–N with tert-alkyl or cyclic N) is 1. The highest BCUT2D eigenvalue weighted by atomic mass is 16.3. The normalized spacial score (nSPS) is 19.6. The fourth-order valence-electron chi connectivity index (χ4n) is 3.76. The number of anilines is 2. The lowest BCUT2D eigenvalue weighted by molar-refractivity contribution is 0.0883. The topological polar surface area (TPSA) is 86.5 Å². The van der Waals surface area contributed by atoms with E-state index in [0.29, 0.717) is 19.0 Å². The van der Waals surface area contributed by atoms with Gasteiger partial charge in [-0.3, -0.25) is 0 Å². The van der Waals surface area contributed by atoms with Crippen molar-refractivity contribution in [2.24, 2.45) is 5.92 Å². The Morgan fingerprint density at radius 3 is 2.83 bits per heavy atom. The Morgan fingerprint density at radius 1 is 1.24 bits per heavy atom. The Kier molecular flexibility index (Phi) is 5.97. The number of hydrogen-bond donors (Lipinski definition) is 4. The first-order valence-corrected chi connectivity index (χ1v) is 10.4. The van der Waals surface area contributed by atoms with Crippen LogP contribution in [0.5, 0.6) is 0 Å².